The summed E-state index contributed by atoms with van der Waals surface area (Å²) in [4.78, 5) is 24.3. The molecule has 2 aromatic rings. The Hall–Kier alpha value is -2.25. The summed E-state index contributed by atoms with van der Waals surface area (Å²) in [5, 5.41) is 3.30. The molecule has 5 nitrogen and oxygen atoms in total. The van der Waals surface area contributed by atoms with Crippen molar-refractivity contribution >= 4 is 46.0 Å². The van der Waals surface area contributed by atoms with Crippen LogP contribution in [0.2, 0.25) is 0 Å². The molecule has 0 unspecified atom stereocenters. The molecule has 0 fully saturated rings. The van der Waals surface area contributed by atoms with E-state index in [1.165, 1.54) is 25.3 Å². The first-order valence-electron chi connectivity index (χ1n) is 8.06. The fourth-order valence-corrected chi connectivity index (χ4v) is 3.09. The second-order valence-corrected chi connectivity index (χ2v) is 7.05. The van der Waals surface area contributed by atoms with Gasteiger partial charge in [0.15, 0.2) is 10.9 Å². The van der Waals surface area contributed by atoms with Gasteiger partial charge < -0.3 is 5.32 Å². The smallest absolute Gasteiger partial charge is 0.279 e. The number of hydrogen-bond donors (Lipinski definition) is 3. The minimum atomic E-state index is -0.337. The van der Waals surface area contributed by atoms with Crippen molar-refractivity contribution in [1.82, 2.24) is 10.9 Å². The van der Waals surface area contributed by atoms with E-state index in [1.807, 2.05) is 12.1 Å². The fourth-order valence-electron chi connectivity index (χ4n) is 2.12. The number of ketones is 1. The van der Waals surface area contributed by atoms with Crippen molar-refractivity contribution in [2.45, 2.75) is 33.1 Å². The van der Waals surface area contributed by atoms with Crippen LogP contribution in [-0.2, 0) is 6.42 Å². The molecule has 0 spiro atoms. The van der Waals surface area contributed by atoms with Crippen LogP contribution in [0.3, 0.4) is 0 Å². The highest BCUT2D eigenvalue weighted by molar-refractivity contribution is 7.80. The van der Waals surface area contributed by atoms with Crippen LogP contribution in [0, 0.1) is 0 Å². The van der Waals surface area contributed by atoms with Gasteiger partial charge in [-0.05, 0) is 61.8 Å². The molecule has 0 aliphatic heterocycles. The van der Waals surface area contributed by atoms with Crippen LogP contribution < -0.4 is 16.2 Å². The number of hydrazine groups is 1. The maximum absolute atomic E-state index is 12.0. The summed E-state index contributed by atoms with van der Waals surface area (Å²) in [6, 6.07) is 11.3. The third kappa shape index (κ3) is 5.95. The number of hydrogen-bond acceptors (Lipinski definition) is 4. The van der Waals surface area contributed by atoms with E-state index in [-0.39, 0.29) is 16.8 Å². The molecule has 7 heteroatoms. The standard InChI is InChI=1S/C18H21N3O2S2/c1-3-4-5-13-6-8-14(9-7-13)19-18(24)21-20-17(23)16-11-10-15(25-16)12(2)22/h6-11H,3-5H2,1-2H3,(H,20,23)(H2,19,21,24). The molecule has 0 saturated heterocycles. The van der Waals surface area contributed by atoms with E-state index in [0.29, 0.717) is 9.75 Å². The lowest BCUT2D eigenvalue weighted by Gasteiger charge is -2.11. The van der Waals surface area contributed by atoms with E-state index in [2.05, 4.69) is 35.2 Å². The second-order valence-electron chi connectivity index (χ2n) is 5.55. The van der Waals surface area contributed by atoms with Crippen LogP contribution in [-0.4, -0.2) is 16.8 Å². The summed E-state index contributed by atoms with van der Waals surface area (Å²) in [7, 11) is 0. The van der Waals surface area contributed by atoms with Crippen LogP contribution in [0.5, 0.6) is 0 Å². The van der Waals surface area contributed by atoms with Gasteiger partial charge in [0.05, 0.1) is 9.75 Å². The van der Waals surface area contributed by atoms with Crippen molar-refractivity contribution in [2.24, 2.45) is 0 Å². The van der Waals surface area contributed by atoms with Crippen LogP contribution in [0.25, 0.3) is 0 Å². The minimum Gasteiger partial charge on any atom is -0.331 e. The van der Waals surface area contributed by atoms with Crippen LogP contribution in [0.15, 0.2) is 36.4 Å². The molecule has 3 N–H and O–H groups in total. The van der Waals surface area contributed by atoms with Gasteiger partial charge in [-0.3, -0.25) is 20.4 Å². The number of anilines is 1. The van der Waals surface area contributed by atoms with E-state index < -0.39 is 0 Å². The van der Waals surface area contributed by atoms with Gasteiger partial charge in [-0.2, -0.15) is 0 Å². The van der Waals surface area contributed by atoms with Gasteiger partial charge in [0.1, 0.15) is 0 Å². The molecule has 0 aliphatic carbocycles. The van der Waals surface area contributed by atoms with Crippen molar-refractivity contribution in [3.05, 3.63) is 51.7 Å². The topological polar surface area (TPSA) is 70.2 Å². The Bertz CT molecular complexity index is 754. The van der Waals surface area contributed by atoms with Crippen molar-refractivity contribution in [2.75, 3.05) is 5.32 Å². The highest BCUT2D eigenvalue weighted by atomic mass is 32.1. The Kier molecular flexibility index (Phi) is 7.09. The zero-order valence-electron chi connectivity index (χ0n) is 14.2. The average molecular weight is 376 g/mol. The molecule has 1 aromatic heterocycles. The van der Waals surface area contributed by atoms with E-state index >= 15 is 0 Å². The molecule has 0 radical (unpaired) electrons. The predicted molar refractivity (Wildman–Crippen MR) is 106 cm³/mol. The number of benzene rings is 1. The zero-order chi connectivity index (χ0) is 18.2. The second kappa shape index (κ2) is 9.29. The molecule has 25 heavy (non-hydrogen) atoms. The molecule has 2 rings (SSSR count). The highest BCUT2D eigenvalue weighted by Crippen LogP contribution is 2.16. The molecule has 0 saturated carbocycles. The monoisotopic (exact) mass is 375 g/mol. The maximum Gasteiger partial charge on any atom is 0.279 e. The highest BCUT2D eigenvalue weighted by Gasteiger charge is 2.11. The first kappa shape index (κ1) is 19.1. The summed E-state index contributed by atoms with van der Waals surface area (Å²) in [6.07, 6.45) is 3.41. The summed E-state index contributed by atoms with van der Waals surface area (Å²) in [5.74, 6) is -0.395. The number of Topliss-reactive ketones (excluding diaryl/α,β-unsaturated/α-hetero) is 1. The van der Waals surface area contributed by atoms with Gasteiger partial charge in [-0.1, -0.05) is 25.5 Å². The van der Waals surface area contributed by atoms with E-state index in [9.17, 15) is 9.59 Å². The molecule has 1 heterocycles. The van der Waals surface area contributed by atoms with Gasteiger partial charge >= 0.3 is 0 Å². The number of nitrogens with one attached hydrogen (secondary N) is 3. The minimum absolute atomic E-state index is 0.0587. The van der Waals surface area contributed by atoms with E-state index in [4.69, 9.17) is 12.2 Å². The normalized spacial score (nSPS) is 10.2. The molecule has 0 bridgehead atoms. The number of thiocarbonyl (C=S) groups is 1. The Morgan fingerprint density at radius 3 is 2.32 bits per heavy atom. The van der Waals surface area contributed by atoms with Gasteiger partial charge in [-0.25, -0.2) is 0 Å². The molecule has 1 amide bonds. The number of rotatable bonds is 6. The van der Waals surface area contributed by atoms with E-state index in [1.54, 1.807) is 12.1 Å². The fraction of sp³-hybridized carbons (Fsp3) is 0.278. The third-order valence-electron chi connectivity index (χ3n) is 3.50. The molecule has 1 aromatic carbocycles. The van der Waals surface area contributed by atoms with Crippen molar-refractivity contribution < 1.29 is 9.59 Å². The molecular formula is C18H21N3O2S2. The number of aryl methyl sites for hydroxylation is 1. The average Bonchev–Trinajstić information content (AvgIpc) is 3.09. The Labute approximate surface area is 156 Å². The van der Waals surface area contributed by atoms with Gasteiger partial charge in [0.2, 0.25) is 0 Å². The summed E-state index contributed by atoms with van der Waals surface area (Å²) in [5.41, 5.74) is 7.32. The molecular weight excluding hydrogens is 354 g/mol. The van der Waals surface area contributed by atoms with Gasteiger partial charge in [0.25, 0.3) is 5.91 Å². The summed E-state index contributed by atoms with van der Waals surface area (Å²) in [6.45, 7) is 3.64. The van der Waals surface area contributed by atoms with Gasteiger partial charge in [-0.15, -0.1) is 11.3 Å². The van der Waals surface area contributed by atoms with Crippen molar-refractivity contribution in [1.29, 1.82) is 0 Å². The predicted octanol–water partition coefficient (Wildman–Crippen LogP) is 3.92. The Balaban J connectivity index is 1.81. The number of unbranched alkanes of at least 4 members (excludes halogenated alkanes) is 1. The van der Waals surface area contributed by atoms with Gasteiger partial charge in [0, 0.05) is 5.69 Å². The lowest BCUT2D eigenvalue weighted by atomic mass is 10.1. The number of amides is 1. The number of thiophene rings is 1. The number of carbonyl (C=O) groups is 2. The van der Waals surface area contributed by atoms with E-state index in [0.717, 1.165) is 23.4 Å². The SMILES string of the molecule is CCCCc1ccc(NC(=S)NNC(=O)c2ccc(C(C)=O)s2)cc1. The summed E-state index contributed by atoms with van der Waals surface area (Å²) >= 11 is 6.31. The van der Waals surface area contributed by atoms with Crippen LogP contribution in [0.4, 0.5) is 5.69 Å². The lowest BCUT2D eigenvalue weighted by Crippen LogP contribution is -2.43. The van der Waals surface area contributed by atoms with Crippen molar-refractivity contribution in [3.8, 4) is 0 Å². The van der Waals surface area contributed by atoms with Crippen molar-refractivity contribution in [3.63, 3.8) is 0 Å². The molecule has 0 aliphatic rings. The van der Waals surface area contributed by atoms with Crippen LogP contribution in [0.1, 0.15) is 51.6 Å². The Morgan fingerprint density at radius 2 is 1.72 bits per heavy atom. The molecule has 0 atom stereocenters. The number of carbonyl (C=O) groups excluding carboxylic acids is 2. The first-order chi connectivity index (χ1) is 12.0. The lowest BCUT2D eigenvalue weighted by molar-refractivity contribution is 0.0947. The zero-order valence-corrected chi connectivity index (χ0v) is 15.9. The largest absolute Gasteiger partial charge is 0.331 e. The Morgan fingerprint density at radius 1 is 1.04 bits per heavy atom. The van der Waals surface area contributed by atoms with Crippen LogP contribution >= 0.6 is 23.6 Å². The quantitative estimate of drug-likeness (QED) is 0.405. The summed E-state index contributed by atoms with van der Waals surface area (Å²) < 4.78 is 0. The first-order valence-corrected chi connectivity index (χ1v) is 9.29. The molecule has 132 valence electrons. The third-order valence-corrected chi connectivity index (χ3v) is 4.89. The maximum atomic E-state index is 12.0.